The monoisotopic (exact) mass is 266 g/mol. The normalized spacial score (nSPS) is 15.2. The lowest BCUT2D eigenvalue weighted by Gasteiger charge is -2.28. The van der Waals surface area contributed by atoms with Crippen LogP contribution in [0.25, 0.3) is 0 Å². The predicted molar refractivity (Wildman–Crippen MR) is 69.9 cm³/mol. The molecule has 1 amide bonds. The van der Waals surface area contributed by atoms with Crippen LogP contribution >= 0.6 is 11.3 Å². The summed E-state index contributed by atoms with van der Waals surface area (Å²) in [4.78, 5) is 14.3. The molecule has 0 unspecified atom stereocenters. The van der Waals surface area contributed by atoms with Gasteiger partial charge < -0.3 is 20.7 Å². The number of anilines is 2. The van der Waals surface area contributed by atoms with Crippen molar-refractivity contribution in [2.45, 2.75) is 0 Å². The van der Waals surface area contributed by atoms with Gasteiger partial charge in [0.2, 0.25) is 0 Å². The molecule has 1 aliphatic heterocycles. The SMILES string of the molecule is CNC(=O)c1c(N2CCOCC2)sc(C#N)c1N. The summed E-state index contributed by atoms with van der Waals surface area (Å²) in [5, 5.41) is 12.3. The minimum atomic E-state index is -0.258. The Hall–Kier alpha value is -1.78. The Balaban J connectivity index is 2.45. The number of nitriles is 1. The summed E-state index contributed by atoms with van der Waals surface area (Å²) in [5.74, 6) is -0.258. The van der Waals surface area contributed by atoms with Crippen LogP contribution in [0, 0.1) is 11.3 Å². The zero-order valence-corrected chi connectivity index (χ0v) is 10.8. The first-order valence-electron chi connectivity index (χ1n) is 5.56. The van der Waals surface area contributed by atoms with E-state index in [-0.39, 0.29) is 11.6 Å². The van der Waals surface area contributed by atoms with Crippen LogP contribution in [0.2, 0.25) is 0 Å². The highest BCUT2D eigenvalue weighted by molar-refractivity contribution is 7.17. The second-order valence-electron chi connectivity index (χ2n) is 3.82. The number of nitrogen functional groups attached to an aromatic ring is 1. The van der Waals surface area contributed by atoms with Crippen molar-refractivity contribution in [3.63, 3.8) is 0 Å². The Morgan fingerprint density at radius 1 is 1.56 bits per heavy atom. The van der Waals surface area contributed by atoms with E-state index in [0.717, 1.165) is 5.00 Å². The van der Waals surface area contributed by atoms with E-state index in [1.54, 1.807) is 7.05 Å². The number of carbonyl (C=O) groups excluding carboxylic acids is 1. The Morgan fingerprint density at radius 3 is 2.78 bits per heavy atom. The van der Waals surface area contributed by atoms with E-state index in [1.807, 2.05) is 11.0 Å². The Kier molecular flexibility index (Phi) is 3.69. The first kappa shape index (κ1) is 12.7. The summed E-state index contributed by atoms with van der Waals surface area (Å²) in [6.45, 7) is 2.64. The Morgan fingerprint density at radius 2 is 2.22 bits per heavy atom. The number of carbonyl (C=O) groups is 1. The lowest BCUT2D eigenvalue weighted by Crippen LogP contribution is -2.37. The molecule has 7 heteroatoms. The van der Waals surface area contributed by atoms with E-state index in [9.17, 15) is 4.79 Å². The standard InChI is InChI=1S/C11H14N4O2S/c1-14-10(16)8-9(13)7(6-12)18-11(8)15-2-4-17-5-3-15/h2-5,13H2,1H3,(H,14,16). The van der Waals surface area contributed by atoms with Crippen LogP contribution in [-0.4, -0.2) is 39.3 Å². The van der Waals surface area contributed by atoms with Gasteiger partial charge in [-0.1, -0.05) is 0 Å². The molecule has 96 valence electrons. The van der Waals surface area contributed by atoms with E-state index >= 15 is 0 Å². The third-order valence-corrected chi connectivity index (χ3v) is 3.95. The molecule has 18 heavy (non-hydrogen) atoms. The molecule has 0 atom stereocenters. The van der Waals surface area contributed by atoms with E-state index in [1.165, 1.54) is 11.3 Å². The van der Waals surface area contributed by atoms with Gasteiger partial charge in [-0.2, -0.15) is 5.26 Å². The molecule has 0 aromatic carbocycles. The second kappa shape index (κ2) is 5.25. The zero-order chi connectivity index (χ0) is 13.1. The number of nitrogens with two attached hydrogens (primary N) is 1. The average molecular weight is 266 g/mol. The summed E-state index contributed by atoms with van der Waals surface area (Å²) in [5.41, 5.74) is 6.54. The number of amides is 1. The summed E-state index contributed by atoms with van der Waals surface area (Å²) in [6, 6.07) is 2.03. The Bertz CT molecular complexity index is 500. The molecule has 0 aliphatic carbocycles. The fourth-order valence-electron chi connectivity index (χ4n) is 1.85. The molecule has 3 N–H and O–H groups in total. The van der Waals surface area contributed by atoms with E-state index in [4.69, 9.17) is 15.7 Å². The van der Waals surface area contributed by atoms with Crippen LogP contribution in [0.3, 0.4) is 0 Å². The fraction of sp³-hybridized carbons (Fsp3) is 0.455. The molecular formula is C11H14N4O2S. The van der Waals surface area contributed by atoms with E-state index in [2.05, 4.69) is 5.32 Å². The van der Waals surface area contributed by atoms with Gasteiger partial charge in [-0.3, -0.25) is 4.79 Å². The fourth-order valence-corrected chi connectivity index (χ4v) is 2.92. The van der Waals surface area contributed by atoms with Gasteiger partial charge in [-0.15, -0.1) is 11.3 Å². The maximum Gasteiger partial charge on any atom is 0.256 e. The van der Waals surface area contributed by atoms with Crippen LogP contribution in [0.15, 0.2) is 0 Å². The van der Waals surface area contributed by atoms with Crippen LogP contribution in [0.5, 0.6) is 0 Å². The molecule has 1 saturated heterocycles. The number of hydrogen-bond donors (Lipinski definition) is 2. The molecule has 2 heterocycles. The van der Waals surface area contributed by atoms with Crippen molar-refractivity contribution in [2.24, 2.45) is 0 Å². The minimum Gasteiger partial charge on any atom is -0.396 e. The zero-order valence-electron chi connectivity index (χ0n) is 10.0. The van der Waals surface area contributed by atoms with Crippen molar-refractivity contribution >= 4 is 27.9 Å². The van der Waals surface area contributed by atoms with Gasteiger partial charge in [-0.25, -0.2) is 0 Å². The second-order valence-corrected chi connectivity index (χ2v) is 4.81. The summed E-state index contributed by atoms with van der Waals surface area (Å²) < 4.78 is 5.28. The number of morpholine rings is 1. The van der Waals surface area contributed by atoms with Gasteiger partial charge in [0.05, 0.1) is 24.5 Å². The minimum absolute atomic E-state index is 0.258. The van der Waals surface area contributed by atoms with Crippen molar-refractivity contribution in [2.75, 3.05) is 44.0 Å². The summed E-state index contributed by atoms with van der Waals surface area (Å²) in [7, 11) is 1.55. The number of thiophene rings is 1. The third kappa shape index (κ3) is 2.12. The van der Waals surface area contributed by atoms with Gasteiger partial charge in [0, 0.05) is 20.1 Å². The molecule has 0 spiro atoms. The molecule has 1 aliphatic rings. The topological polar surface area (TPSA) is 91.4 Å². The summed E-state index contributed by atoms with van der Waals surface area (Å²) in [6.07, 6.45) is 0. The quantitative estimate of drug-likeness (QED) is 0.808. The van der Waals surface area contributed by atoms with Crippen LogP contribution in [-0.2, 0) is 4.74 Å². The van der Waals surface area contributed by atoms with Crippen LogP contribution in [0.4, 0.5) is 10.7 Å². The van der Waals surface area contributed by atoms with Crippen LogP contribution in [0.1, 0.15) is 15.2 Å². The van der Waals surface area contributed by atoms with Crippen molar-refractivity contribution in [3.8, 4) is 6.07 Å². The largest absolute Gasteiger partial charge is 0.396 e. The molecule has 0 saturated carbocycles. The first-order chi connectivity index (χ1) is 8.69. The maximum atomic E-state index is 11.9. The number of nitrogens with zero attached hydrogens (tertiary/aromatic N) is 2. The molecule has 1 fully saturated rings. The predicted octanol–water partition coefficient (Wildman–Crippen LogP) is 0.398. The number of ether oxygens (including phenoxy) is 1. The molecule has 1 aromatic rings. The van der Waals surface area contributed by atoms with Gasteiger partial charge in [0.25, 0.3) is 5.91 Å². The average Bonchev–Trinajstić information content (AvgIpc) is 2.76. The molecule has 6 nitrogen and oxygen atoms in total. The smallest absolute Gasteiger partial charge is 0.256 e. The lowest BCUT2D eigenvalue weighted by atomic mass is 10.2. The lowest BCUT2D eigenvalue weighted by molar-refractivity contribution is 0.0963. The molecule has 2 rings (SSSR count). The van der Waals surface area contributed by atoms with E-state index < -0.39 is 0 Å². The van der Waals surface area contributed by atoms with Gasteiger partial charge >= 0.3 is 0 Å². The van der Waals surface area contributed by atoms with Gasteiger partial charge in [-0.05, 0) is 0 Å². The Labute approximate surface area is 109 Å². The molecule has 0 radical (unpaired) electrons. The molecule has 1 aromatic heterocycles. The third-order valence-electron chi connectivity index (χ3n) is 2.78. The van der Waals surface area contributed by atoms with Crippen molar-refractivity contribution < 1.29 is 9.53 Å². The van der Waals surface area contributed by atoms with Crippen LogP contribution < -0.4 is 16.0 Å². The molecular weight excluding hydrogens is 252 g/mol. The summed E-state index contributed by atoms with van der Waals surface area (Å²) >= 11 is 1.26. The maximum absolute atomic E-state index is 11.9. The van der Waals surface area contributed by atoms with Gasteiger partial charge in [0.15, 0.2) is 0 Å². The number of hydrogen-bond acceptors (Lipinski definition) is 6. The van der Waals surface area contributed by atoms with E-state index in [0.29, 0.717) is 36.7 Å². The first-order valence-corrected chi connectivity index (χ1v) is 6.37. The highest BCUT2D eigenvalue weighted by Crippen LogP contribution is 2.38. The highest BCUT2D eigenvalue weighted by atomic mass is 32.1. The van der Waals surface area contributed by atoms with Crippen molar-refractivity contribution in [1.29, 1.82) is 5.26 Å². The van der Waals surface area contributed by atoms with Gasteiger partial charge in [0.1, 0.15) is 15.9 Å². The highest BCUT2D eigenvalue weighted by Gasteiger charge is 2.26. The van der Waals surface area contributed by atoms with Crippen molar-refractivity contribution in [1.82, 2.24) is 5.32 Å². The number of nitrogens with one attached hydrogen (secondary N) is 1. The molecule has 0 bridgehead atoms. The van der Waals surface area contributed by atoms with Crippen molar-refractivity contribution in [3.05, 3.63) is 10.4 Å². The number of rotatable bonds is 2.